The lowest BCUT2D eigenvalue weighted by molar-refractivity contribution is 0.0173. The molecule has 1 heterocycles. The van der Waals surface area contributed by atoms with Gasteiger partial charge in [-0.1, -0.05) is 6.58 Å². The van der Waals surface area contributed by atoms with Crippen molar-refractivity contribution in [2.75, 3.05) is 6.54 Å². The molecule has 2 fully saturated rings. The number of carbonyl (C=O) groups is 1. The van der Waals surface area contributed by atoms with Gasteiger partial charge in [0.05, 0.1) is 12.1 Å². The molecule has 1 aliphatic carbocycles. The Morgan fingerprint density at radius 2 is 2.10 bits per heavy atom. The normalized spacial score (nSPS) is 29.7. The third-order valence-corrected chi connectivity index (χ3v) is 3.66. The van der Waals surface area contributed by atoms with Crippen molar-refractivity contribution in [1.82, 2.24) is 4.90 Å². The van der Waals surface area contributed by atoms with Gasteiger partial charge in [0.25, 0.3) is 0 Å². The van der Waals surface area contributed by atoms with Crippen LogP contribution in [0.2, 0.25) is 0 Å². The quantitative estimate of drug-likeness (QED) is 0.624. The molecule has 1 saturated heterocycles. The molecule has 0 aromatic carbocycles. The largest absolute Gasteiger partial charge is 0.444 e. The first-order valence-electron chi connectivity index (χ1n) is 6.85. The maximum Gasteiger partial charge on any atom is 0.410 e. The van der Waals surface area contributed by atoms with E-state index in [4.69, 9.17) is 10.5 Å². The van der Waals surface area contributed by atoms with Crippen molar-refractivity contribution < 1.29 is 13.9 Å². The second kappa shape index (κ2) is 5.07. The summed E-state index contributed by atoms with van der Waals surface area (Å²) in [5.41, 5.74) is 4.97. The number of ether oxygens (including phenoxy) is 1. The fourth-order valence-corrected chi connectivity index (χ4v) is 2.91. The van der Waals surface area contributed by atoms with Crippen molar-refractivity contribution in [3.8, 4) is 0 Å². The molecule has 2 rings (SSSR count). The van der Waals surface area contributed by atoms with E-state index in [0.29, 0.717) is 12.5 Å². The fraction of sp³-hybridized carbons (Fsp3) is 0.714. The molecule has 1 amide bonds. The minimum atomic E-state index is -0.725. The van der Waals surface area contributed by atoms with Crippen molar-refractivity contribution in [2.24, 2.45) is 16.6 Å². The van der Waals surface area contributed by atoms with Gasteiger partial charge in [-0.05, 0) is 39.5 Å². The molecule has 0 spiro atoms. The van der Waals surface area contributed by atoms with Crippen molar-refractivity contribution in [3.63, 3.8) is 0 Å². The van der Waals surface area contributed by atoms with Crippen LogP contribution in [0.4, 0.5) is 9.18 Å². The maximum atomic E-state index is 12.9. The van der Waals surface area contributed by atoms with Crippen LogP contribution in [-0.4, -0.2) is 41.1 Å². The number of hydrogen-bond donors (Lipinski definition) is 1. The summed E-state index contributed by atoms with van der Waals surface area (Å²) in [6, 6.07) is -0.207. The molecule has 2 aliphatic rings. The lowest BCUT2D eigenvalue weighted by atomic mass is 10.1. The molecule has 3 atom stereocenters. The predicted octanol–water partition coefficient (Wildman–Crippen LogP) is 2.22. The first kappa shape index (κ1) is 14.8. The highest BCUT2D eigenvalue weighted by molar-refractivity contribution is 5.94. The predicted molar refractivity (Wildman–Crippen MR) is 75.1 cm³/mol. The van der Waals surface area contributed by atoms with Crippen LogP contribution in [0.15, 0.2) is 17.4 Å². The Bertz CT molecular complexity index is 456. The van der Waals surface area contributed by atoms with E-state index < -0.39 is 11.4 Å². The van der Waals surface area contributed by atoms with Gasteiger partial charge in [-0.25, -0.2) is 9.18 Å². The summed E-state index contributed by atoms with van der Waals surface area (Å²) in [7, 11) is 0. The number of halogens is 1. The molecular weight excluding hydrogens is 261 g/mol. The molecule has 0 aromatic rings. The van der Waals surface area contributed by atoms with Gasteiger partial charge in [0.2, 0.25) is 0 Å². The number of fused-ring (bicyclic) bond motifs is 2. The Morgan fingerprint density at radius 3 is 2.60 bits per heavy atom. The average Bonchev–Trinajstić information content (AvgIpc) is 2.85. The van der Waals surface area contributed by atoms with Gasteiger partial charge in [0, 0.05) is 6.54 Å². The number of nitrogens with two attached hydrogens (primary N) is 1. The number of hydrogen-bond acceptors (Lipinski definition) is 3. The number of carbonyl (C=O) groups excluding carboxylic acids is 1. The minimum Gasteiger partial charge on any atom is -0.444 e. The van der Waals surface area contributed by atoms with Gasteiger partial charge in [-0.3, -0.25) is 4.99 Å². The number of aliphatic imine (C=N–C) groups is 1. The third kappa shape index (κ3) is 3.11. The third-order valence-electron chi connectivity index (χ3n) is 3.66. The molecule has 0 radical (unpaired) electrons. The van der Waals surface area contributed by atoms with E-state index in [1.807, 2.05) is 20.8 Å². The van der Waals surface area contributed by atoms with E-state index in [1.165, 1.54) is 0 Å². The van der Waals surface area contributed by atoms with E-state index in [1.54, 1.807) is 4.90 Å². The summed E-state index contributed by atoms with van der Waals surface area (Å²) in [6.45, 7) is 9.32. The minimum absolute atomic E-state index is 0.0484. The Labute approximate surface area is 118 Å². The average molecular weight is 283 g/mol. The van der Waals surface area contributed by atoms with E-state index in [-0.39, 0.29) is 24.0 Å². The first-order chi connectivity index (χ1) is 9.17. The summed E-state index contributed by atoms with van der Waals surface area (Å²) in [4.78, 5) is 18.0. The van der Waals surface area contributed by atoms with E-state index >= 15 is 0 Å². The lowest BCUT2D eigenvalue weighted by Gasteiger charge is -2.33. The van der Waals surface area contributed by atoms with Crippen LogP contribution < -0.4 is 5.73 Å². The highest BCUT2D eigenvalue weighted by Crippen LogP contribution is 2.40. The van der Waals surface area contributed by atoms with Crippen LogP contribution in [0.25, 0.3) is 0 Å². The lowest BCUT2D eigenvalue weighted by Crippen LogP contribution is -2.46. The zero-order valence-electron chi connectivity index (χ0n) is 12.2. The first-order valence-corrected chi connectivity index (χ1v) is 6.85. The summed E-state index contributed by atoms with van der Waals surface area (Å²) >= 11 is 0. The molecule has 2 N–H and O–H groups in total. The van der Waals surface area contributed by atoms with E-state index in [0.717, 1.165) is 12.8 Å². The molecule has 6 heteroatoms. The number of nitrogens with zero attached hydrogens (tertiary/aromatic N) is 2. The molecule has 1 saturated carbocycles. The Balaban J connectivity index is 2.07. The van der Waals surface area contributed by atoms with Gasteiger partial charge < -0.3 is 15.4 Å². The zero-order valence-corrected chi connectivity index (χ0v) is 12.2. The van der Waals surface area contributed by atoms with Crippen LogP contribution in [0.5, 0.6) is 0 Å². The summed E-state index contributed by atoms with van der Waals surface area (Å²) in [5, 5.41) is 0. The van der Waals surface area contributed by atoms with Crippen LogP contribution >= 0.6 is 0 Å². The van der Waals surface area contributed by atoms with Crippen LogP contribution in [0.3, 0.4) is 0 Å². The van der Waals surface area contributed by atoms with Crippen molar-refractivity contribution in [3.05, 3.63) is 12.4 Å². The Morgan fingerprint density at radius 1 is 1.45 bits per heavy atom. The maximum absolute atomic E-state index is 12.9. The van der Waals surface area contributed by atoms with Crippen molar-refractivity contribution in [2.45, 2.75) is 51.3 Å². The number of likely N-dealkylation sites (tertiary alicyclic amines) is 1. The van der Waals surface area contributed by atoms with Crippen LogP contribution in [0, 0.1) is 5.92 Å². The molecule has 1 aliphatic heterocycles. The topological polar surface area (TPSA) is 67.9 Å². The summed E-state index contributed by atoms with van der Waals surface area (Å²) in [6.07, 6.45) is 1.37. The molecule has 20 heavy (non-hydrogen) atoms. The molecule has 112 valence electrons. The van der Waals surface area contributed by atoms with Gasteiger partial charge in [-0.2, -0.15) is 0 Å². The van der Waals surface area contributed by atoms with Gasteiger partial charge in [0.1, 0.15) is 5.60 Å². The van der Waals surface area contributed by atoms with Crippen LogP contribution in [-0.2, 0) is 4.74 Å². The second-order valence-corrected chi connectivity index (χ2v) is 6.52. The molecule has 0 aromatic heterocycles. The molecule has 2 bridgehead atoms. The SMILES string of the molecule is C=C(F)C(N)=NC1CC2CC1N(C(=O)OC(C)(C)C)C2. The summed E-state index contributed by atoms with van der Waals surface area (Å²) in [5.74, 6) is -0.509. The Kier molecular flexibility index (Phi) is 3.75. The van der Waals surface area contributed by atoms with Crippen molar-refractivity contribution >= 4 is 11.9 Å². The van der Waals surface area contributed by atoms with Gasteiger partial charge >= 0.3 is 6.09 Å². The van der Waals surface area contributed by atoms with E-state index in [2.05, 4.69) is 11.6 Å². The molecule has 3 unspecified atom stereocenters. The smallest absolute Gasteiger partial charge is 0.410 e. The Hall–Kier alpha value is -1.59. The number of rotatable bonds is 2. The number of amides is 1. The molecular formula is C14H22FN3O2. The van der Waals surface area contributed by atoms with E-state index in [9.17, 15) is 9.18 Å². The highest BCUT2D eigenvalue weighted by atomic mass is 19.1. The van der Waals surface area contributed by atoms with Gasteiger partial charge in [0.15, 0.2) is 11.7 Å². The van der Waals surface area contributed by atoms with Crippen molar-refractivity contribution in [1.29, 1.82) is 0 Å². The second-order valence-electron chi connectivity index (χ2n) is 6.52. The van der Waals surface area contributed by atoms with Gasteiger partial charge in [-0.15, -0.1) is 0 Å². The standard InChI is InChI=1S/C14H22FN3O2/c1-8(15)12(16)17-10-5-9-6-11(10)18(7-9)13(19)20-14(2,3)4/h9-11H,1,5-7H2,2-4H3,(H2,16,17). The fourth-order valence-electron chi connectivity index (χ4n) is 2.91. The van der Waals surface area contributed by atoms with Crippen LogP contribution in [0.1, 0.15) is 33.6 Å². The summed E-state index contributed by atoms with van der Waals surface area (Å²) < 4.78 is 18.3. The monoisotopic (exact) mass is 283 g/mol. The number of amidine groups is 1. The zero-order chi connectivity index (χ0) is 15.1. The highest BCUT2D eigenvalue weighted by Gasteiger charge is 2.48. The number of piperidine rings is 1. The molecule has 5 nitrogen and oxygen atoms in total.